The highest BCUT2D eigenvalue weighted by Gasteiger charge is 2.44. The molecule has 0 amide bonds. The Hall–Kier alpha value is -1.26. The van der Waals surface area contributed by atoms with Gasteiger partial charge in [0.2, 0.25) is 0 Å². The third-order valence-electron chi connectivity index (χ3n) is 2.45. The molecule has 0 aliphatic carbocycles. The van der Waals surface area contributed by atoms with Crippen molar-refractivity contribution in [3.63, 3.8) is 0 Å². The molecule has 0 unspecified atom stereocenters. The summed E-state index contributed by atoms with van der Waals surface area (Å²) in [5, 5.41) is 8.94. The molecule has 0 aliphatic heterocycles. The highest BCUT2D eigenvalue weighted by molar-refractivity contribution is 5.85. The van der Waals surface area contributed by atoms with Crippen LogP contribution >= 0.6 is 12.4 Å². The summed E-state index contributed by atoms with van der Waals surface area (Å²) in [4.78, 5) is 0. The molecule has 0 aliphatic rings. The Bertz CT molecular complexity index is 467. The molecule has 128 valence electrons. The lowest BCUT2D eigenvalue weighted by atomic mass is 10.0. The molecule has 0 saturated heterocycles. The third kappa shape index (κ3) is 5.18. The zero-order chi connectivity index (χ0) is 16.4. The Balaban J connectivity index is 0.00000441. The predicted molar refractivity (Wildman–Crippen MR) is 64.3 cm³/mol. The lowest BCUT2D eigenvalue weighted by Crippen LogP contribution is -2.38. The maximum absolute atomic E-state index is 12.6. The summed E-state index contributed by atoms with van der Waals surface area (Å²) in [6.45, 7) is 0. The lowest BCUT2D eigenvalue weighted by molar-refractivity contribution is -0.253. The largest absolute Gasteiger partial charge is 0.461 e. The fourth-order valence-corrected chi connectivity index (χ4v) is 1.35. The molecular formula is C11H11ClF7NO2. The molecule has 0 radical (unpaired) electrons. The Morgan fingerprint density at radius 1 is 1.00 bits per heavy atom. The first-order chi connectivity index (χ1) is 9.45. The fraction of sp³-hybridized carbons (Fsp3) is 0.455. The van der Waals surface area contributed by atoms with E-state index in [0.717, 1.165) is 24.3 Å². The number of rotatable bonds is 5. The van der Waals surface area contributed by atoms with Crippen LogP contribution in [0.25, 0.3) is 0 Å². The zero-order valence-corrected chi connectivity index (χ0v) is 11.3. The molecule has 11 heteroatoms. The van der Waals surface area contributed by atoms with Crippen molar-refractivity contribution < 1.29 is 40.6 Å². The predicted octanol–water partition coefficient (Wildman–Crippen LogP) is 3.27. The molecule has 0 bridgehead atoms. The summed E-state index contributed by atoms with van der Waals surface area (Å²) in [7, 11) is 0. The summed E-state index contributed by atoms with van der Waals surface area (Å²) >= 11 is 0. The van der Waals surface area contributed by atoms with Gasteiger partial charge in [0.25, 0.3) is 0 Å². The van der Waals surface area contributed by atoms with Crippen LogP contribution < -0.4 is 10.5 Å². The van der Waals surface area contributed by atoms with E-state index in [1.54, 1.807) is 0 Å². The summed E-state index contributed by atoms with van der Waals surface area (Å²) in [5.41, 5.74) is 4.94. The molecular weight excluding hydrogens is 347 g/mol. The number of ether oxygens (including phenoxy) is 1. The molecule has 0 heterocycles. The van der Waals surface area contributed by atoms with Gasteiger partial charge in [0.1, 0.15) is 5.75 Å². The van der Waals surface area contributed by atoms with E-state index in [-0.39, 0.29) is 18.0 Å². The van der Waals surface area contributed by atoms with Crippen molar-refractivity contribution >= 4 is 12.4 Å². The summed E-state index contributed by atoms with van der Waals surface area (Å²) in [6, 6.07) is 1.35. The number of alkyl halides is 7. The van der Waals surface area contributed by atoms with E-state index in [9.17, 15) is 30.7 Å². The quantitative estimate of drug-likeness (QED) is 0.795. The van der Waals surface area contributed by atoms with Crippen LogP contribution in [0.1, 0.15) is 11.6 Å². The number of benzene rings is 1. The van der Waals surface area contributed by atoms with Crippen molar-refractivity contribution in [2.45, 2.75) is 30.9 Å². The van der Waals surface area contributed by atoms with E-state index in [2.05, 4.69) is 4.74 Å². The van der Waals surface area contributed by atoms with Gasteiger partial charge in [-0.2, -0.15) is 30.7 Å². The SMILES string of the molecule is Cl.N[C@@H](c1ccc(OC(F)(F)C(F)F)cc1)[C@H](O)C(F)(F)F. The van der Waals surface area contributed by atoms with Gasteiger partial charge in [-0.3, -0.25) is 0 Å². The molecule has 1 rings (SSSR count). The van der Waals surface area contributed by atoms with Crippen molar-refractivity contribution in [1.29, 1.82) is 0 Å². The minimum absolute atomic E-state index is 0. The van der Waals surface area contributed by atoms with Crippen LogP contribution in [0.3, 0.4) is 0 Å². The van der Waals surface area contributed by atoms with E-state index in [1.807, 2.05) is 0 Å². The van der Waals surface area contributed by atoms with Crippen molar-refractivity contribution in [2.24, 2.45) is 5.73 Å². The van der Waals surface area contributed by atoms with Gasteiger partial charge >= 0.3 is 18.7 Å². The minimum atomic E-state index is -4.96. The van der Waals surface area contributed by atoms with E-state index in [1.165, 1.54) is 0 Å². The maximum atomic E-state index is 12.6. The second kappa shape index (κ2) is 7.34. The maximum Gasteiger partial charge on any atom is 0.461 e. The van der Waals surface area contributed by atoms with Crippen LogP contribution in [0.5, 0.6) is 5.75 Å². The van der Waals surface area contributed by atoms with Gasteiger partial charge in [-0.25, -0.2) is 0 Å². The van der Waals surface area contributed by atoms with Crippen LogP contribution in [0.2, 0.25) is 0 Å². The zero-order valence-electron chi connectivity index (χ0n) is 10.5. The van der Waals surface area contributed by atoms with E-state index < -0.39 is 36.6 Å². The Morgan fingerprint density at radius 3 is 1.82 bits per heavy atom. The van der Waals surface area contributed by atoms with Crippen LogP contribution in [0, 0.1) is 0 Å². The van der Waals surface area contributed by atoms with Gasteiger partial charge in [0.05, 0.1) is 6.04 Å². The molecule has 0 spiro atoms. The standard InChI is InChI=1S/C11H10F7NO2.ClH/c12-9(13)11(17,18)21-6-3-1-5(2-4-6)7(19)8(20)10(14,15)16;/h1-4,7-9,20H,19H2;1H/t7-,8-;/m0./s1. The molecule has 22 heavy (non-hydrogen) atoms. The smallest absolute Gasteiger partial charge is 0.428 e. The van der Waals surface area contributed by atoms with Crippen LogP contribution in [0.15, 0.2) is 24.3 Å². The van der Waals surface area contributed by atoms with Gasteiger partial charge in [-0.1, -0.05) is 12.1 Å². The molecule has 1 aromatic rings. The summed E-state index contributed by atoms with van der Waals surface area (Å²) in [6.07, 6.45) is -16.6. The number of aliphatic hydroxyl groups is 1. The van der Waals surface area contributed by atoms with Gasteiger partial charge in [0, 0.05) is 0 Å². The molecule has 3 nitrogen and oxygen atoms in total. The van der Waals surface area contributed by atoms with E-state index in [0.29, 0.717) is 0 Å². The van der Waals surface area contributed by atoms with Crippen molar-refractivity contribution in [1.82, 2.24) is 0 Å². The summed E-state index contributed by atoms with van der Waals surface area (Å²) < 4.78 is 89.4. The molecule has 0 fully saturated rings. The van der Waals surface area contributed by atoms with Gasteiger partial charge < -0.3 is 15.6 Å². The van der Waals surface area contributed by atoms with Gasteiger partial charge in [-0.05, 0) is 17.7 Å². The minimum Gasteiger partial charge on any atom is -0.428 e. The van der Waals surface area contributed by atoms with Crippen molar-refractivity contribution in [2.75, 3.05) is 0 Å². The van der Waals surface area contributed by atoms with Crippen molar-refractivity contribution in [3.8, 4) is 5.75 Å². The summed E-state index contributed by atoms with van der Waals surface area (Å²) in [5.74, 6) is -0.683. The number of aliphatic hydroxyl groups excluding tert-OH is 1. The molecule has 0 saturated carbocycles. The monoisotopic (exact) mass is 357 g/mol. The molecule has 0 aromatic heterocycles. The Kier molecular flexibility index (Phi) is 6.92. The number of hydrogen-bond acceptors (Lipinski definition) is 3. The van der Waals surface area contributed by atoms with E-state index >= 15 is 0 Å². The number of halogens is 8. The highest BCUT2D eigenvalue weighted by Crippen LogP contribution is 2.31. The highest BCUT2D eigenvalue weighted by atomic mass is 35.5. The Morgan fingerprint density at radius 2 is 1.45 bits per heavy atom. The van der Waals surface area contributed by atoms with Gasteiger partial charge in [-0.15, -0.1) is 12.4 Å². The van der Waals surface area contributed by atoms with Crippen LogP contribution in [0.4, 0.5) is 30.7 Å². The van der Waals surface area contributed by atoms with Crippen LogP contribution in [-0.2, 0) is 0 Å². The average molecular weight is 358 g/mol. The first-order valence-electron chi connectivity index (χ1n) is 5.40. The van der Waals surface area contributed by atoms with Crippen molar-refractivity contribution in [3.05, 3.63) is 29.8 Å². The van der Waals surface area contributed by atoms with Crippen LogP contribution in [-0.4, -0.2) is 29.9 Å². The Labute approximate surface area is 126 Å². The third-order valence-corrected chi connectivity index (χ3v) is 2.45. The normalized spacial score (nSPS) is 15.2. The second-order valence-electron chi connectivity index (χ2n) is 4.05. The topological polar surface area (TPSA) is 55.5 Å². The average Bonchev–Trinajstić information content (AvgIpc) is 2.36. The van der Waals surface area contributed by atoms with Gasteiger partial charge in [0.15, 0.2) is 6.10 Å². The van der Waals surface area contributed by atoms with E-state index in [4.69, 9.17) is 10.8 Å². The first-order valence-corrected chi connectivity index (χ1v) is 5.40. The second-order valence-corrected chi connectivity index (χ2v) is 4.05. The molecule has 2 atom stereocenters. The fourth-order valence-electron chi connectivity index (χ4n) is 1.35. The first kappa shape index (κ1) is 20.7. The lowest BCUT2D eigenvalue weighted by Gasteiger charge is -2.22. The number of nitrogens with two attached hydrogens (primary N) is 1. The molecule has 1 aromatic carbocycles. The molecule has 3 N–H and O–H groups in total. The number of hydrogen-bond donors (Lipinski definition) is 2.